The molecule has 0 aliphatic heterocycles. The summed E-state index contributed by atoms with van der Waals surface area (Å²) >= 11 is 0. The summed E-state index contributed by atoms with van der Waals surface area (Å²) in [4.78, 5) is 0. The second-order valence-electron chi connectivity index (χ2n) is 18.4. The molecule has 0 atom stereocenters. The Hall–Kier alpha value is -8.98. The number of hydrogen-bond donors (Lipinski definition) is 0. The maximum atomic E-state index is 2.53. The molecule has 2 heterocycles. The average molecular weight is 877 g/mol. The molecule has 2 aromatic heterocycles. The molecular weight excluding hydrogens is 833 g/mol. The quantitative estimate of drug-likeness (QED) is 0.151. The molecule has 0 radical (unpaired) electrons. The highest BCUT2D eigenvalue weighted by atomic mass is 15.0. The highest BCUT2D eigenvalue weighted by Crippen LogP contribution is 2.57. The van der Waals surface area contributed by atoms with Gasteiger partial charge in [0.25, 0.3) is 0 Å². The van der Waals surface area contributed by atoms with Crippen molar-refractivity contribution in [1.29, 1.82) is 0 Å². The topological polar surface area (TPSA) is 9.86 Å². The summed E-state index contributed by atoms with van der Waals surface area (Å²) in [6.45, 7) is 0. The Bertz CT molecular complexity index is 4050. The molecule has 1 aliphatic carbocycles. The lowest BCUT2D eigenvalue weighted by Gasteiger charge is -2.34. The zero-order valence-electron chi connectivity index (χ0n) is 37.8. The van der Waals surface area contributed by atoms with Crippen molar-refractivity contribution in [2.45, 2.75) is 5.41 Å². The van der Waals surface area contributed by atoms with Crippen LogP contribution in [0.25, 0.3) is 99.5 Å². The molecule has 0 fully saturated rings. The third-order valence-corrected chi connectivity index (χ3v) is 14.8. The molecular formula is C67H44N2. The van der Waals surface area contributed by atoms with Crippen LogP contribution in [0.2, 0.25) is 0 Å². The number of nitrogens with zero attached hydrogens (tertiary/aromatic N) is 2. The van der Waals surface area contributed by atoms with E-state index in [1.807, 2.05) is 0 Å². The van der Waals surface area contributed by atoms with Crippen LogP contribution < -0.4 is 0 Å². The molecule has 14 rings (SSSR count). The molecule has 0 spiro atoms. The first-order valence-electron chi connectivity index (χ1n) is 23.9. The fourth-order valence-electron chi connectivity index (χ4n) is 11.7. The molecule has 0 unspecified atom stereocenters. The number of hydrogen-bond acceptors (Lipinski definition) is 0. The molecule has 11 aromatic carbocycles. The smallest absolute Gasteiger partial charge is 0.0713 e. The van der Waals surface area contributed by atoms with Crippen molar-refractivity contribution in [2.75, 3.05) is 0 Å². The number of benzene rings is 11. The summed E-state index contributed by atoms with van der Waals surface area (Å²) in [5.74, 6) is 0. The highest BCUT2D eigenvalue weighted by molar-refractivity contribution is 6.14. The van der Waals surface area contributed by atoms with E-state index in [9.17, 15) is 0 Å². The molecule has 1 aliphatic rings. The number of aromatic nitrogens is 2. The lowest BCUT2D eigenvalue weighted by Crippen LogP contribution is -2.28. The summed E-state index contributed by atoms with van der Waals surface area (Å²) < 4.78 is 4.91. The lowest BCUT2D eigenvalue weighted by molar-refractivity contribution is 0.769. The van der Waals surface area contributed by atoms with Gasteiger partial charge in [-0.05, 0) is 133 Å². The monoisotopic (exact) mass is 876 g/mol. The van der Waals surface area contributed by atoms with Crippen LogP contribution in [-0.2, 0) is 5.41 Å². The van der Waals surface area contributed by atoms with Gasteiger partial charge in [0.2, 0.25) is 0 Å². The van der Waals surface area contributed by atoms with Crippen LogP contribution in [0.1, 0.15) is 22.3 Å². The maximum Gasteiger partial charge on any atom is 0.0713 e. The summed E-state index contributed by atoms with van der Waals surface area (Å²) in [6.07, 6.45) is 0. The first-order valence-corrected chi connectivity index (χ1v) is 23.9. The largest absolute Gasteiger partial charge is 0.309 e. The Morgan fingerprint density at radius 1 is 0.232 bits per heavy atom. The van der Waals surface area contributed by atoms with Crippen LogP contribution in [0.5, 0.6) is 0 Å². The minimum Gasteiger partial charge on any atom is -0.309 e. The van der Waals surface area contributed by atoms with Gasteiger partial charge in [-0.25, -0.2) is 0 Å². The van der Waals surface area contributed by atoms with Crippen molar-refractivity contribution in [2.24, 2.45) is 0 Å². The van der Waals surface area contributed by atoms with Crippen LogP contribution >= 0.6 is 0 Å². The SMILES string of the molecule is c1ccc(-c2ccc(-n3c4ccc(-c5ccc6c(c5)c5ccccc5n6-c5cccc(-c6ccccc6)c5)cc4c4cc5c(cc43)-c3ccccc3C5(c3ccccc3)c3ccccc3)cc2)cc1. The van der Waals surface area contributed by atoms with Crippen LogP contribution in [0.4, 0.5) is 0 Å². The van der Waals surface area contributed by atoms with E-state index in [4.69, 9.17) is 0 Å². The van der Waals surface area contributed by atoms with E-state index >= 15 is 0 Å². The van der Waals surface area contributed by atoms with Crippen molar-refractivity contribution in [3.63, 3.8) is 0 Å². The fourth-order valence-corrected chi connectivity index (χ4v) is 11.7. The molecule has 69 heavy (non-hydrogen) atoms. The summed E-state index contributed by atoms with van der Waals surface area (Å²) in [5.41, 5.74) is 21.4. The van der Waals surface area contributed by atoms with Crippen molar-refractivity contribution in [3.05, 3.63) is 289 Å². The summed E-state index contributed by atoms with van der Waals surface area (Å²) in [5, 5.41) is 4.94. The Balaban J connectivity index is 1.00. The number of fused-ring (bicyclic) bond motifs is 9. The maximum absolute atomic E-state index is 2.53. The minimum atomic E-state index is -0.508. The molecule has 322 valence electrons. The van der Waals surface area contributed by atoms with Gasteiger partial charge in [-0.15, -0.1) is 0 Å². The van der Waals surface area contributed by atoms with Gasteiger partial charge in [0.1, 0.15) is 0 Å². The Kier molecular flexibility index (Phi) is 8.84. The molecule has 0 amide bonds. The average Bonchev–Trinajstić information content (AvgIpc) is 4.04. The van der Waals surface area contributed by atoms with Gasteiger partial charge < -0.3 is 9.13 Å². The van der Waals surface area contributed by atoms with Crippen molar-refractivity contribution in [3.8, 4) is 55.9 Å². The summed E-state index contributed by atoms with van der Waals surface area (Å²) in [6, 6.07) is 98.6. The molecule has 0 saturated carbocycles. The Labute approximate surface area is 401 Å². The normalized spacial score (nSPS) is 12.8. The molecule has 2 nitrogen and oxygen atoms in total. The minimum absolute atomic E-state index is 0.508. The standard InChI is InChI=1S/C67H44N2/c1-5-18-45(19-6-1)47-32-36-53(37-33-47)68-65-39-35-50(49-34-38-64-58(41-49)56-29-14-16-31-63(56)69(64)54-27-17-22-48(40-54)46-20-7-2-8-21-46)42-59(65)60-43-62-57(44-66(60)68)55-28-13-15-30-61(55)67(62,51-23-9-3-10-24-51)52-25-11-4-12-26-52/h1-44H. The predicted molar refractivity (Wildman–Crippen MR) is 289 cm³/mol. The predicted octanol–water partition coefficient (Wildman–Crippen LogP) is 17.2. The van der Waals surface area contributed by atoms with E-state index in [-0.39, 0.29) is 0 Å². The molecule has 13 aromatic rings. The van der Waals surface area contributed by atoms with Crippen LogP contribution in [0, 0.1) is 0 Å². The van der Waals surface area contributed by atoms with Gasteiger partial charge in [-0.1, -0.05) is 200 Å². The van der Waals surface area contributed by atoms with Gasteiger partial charge in [-0.2, -0.15) is 0 Å². The zero-order valence-corrected chi connectivity index (χ0v) is 37.8. The molecule has 2 heteroatoms. The zero-order chi connectivity index (χ0) is 45.5. The van der Waals surface area contributed by atoms with Gasteiger partial charge in [0.05, 0.1) is 27.5 Å². The Morgan fingerprint density at radius 2 is 0.696 bits per heavy atom. The molecule has 0 N–H and O–H groups in total. The highest BCUT2D eigenvalue weighted by Gasteiger charge is 2.46. The van der Waals surface area contributed by atoms with E-state index in [2.05, 4.69) is 276 Å². The van der Waals surface area contributed by atoms with Gasteiger partial charge >= 0.3 is 0 Å². The fraction of sp³-hybridized carbons (Fsp3) is 0.0149. The number of rotatable bonds is 7. The third kappa shape index (κ3) is 5.99. The van der Waals surface area contributed by atoms with Crippen LogP contribution in [0.3, 0.4) is 0 Å². The van der Waals surface area contributed by atoms with Gasteiger partial charge in [-0.3, -0.25) is 0 Å². The third-order valence-electron chi connectivity index (χ3n) is 14.8. The summed E-state index contributed by atoms with van der Waals surface area (Å²) in [7, 11) is 0. The molecule has 0 saturated heterocycles. The Morgan fingerprint density at radius 3 is 1.36 bits per heavy atom. The van der Waals surface area contributed by atoms with Crippen molar-refractivity contribution >= 4 is 43.6 Å². The van der Waals surface area contributed by atoms with E-state index < -0.39 is 5.41 Å². The van der Waals surface area contributed by atoms with E-state index in [0.717, 1.165) is 11.4 Å². The second-order valence-corrected chi connectivity index (χ2v) is 18.4. The first kappa shape index (κ1) is 39.2. The molecule has 0 bridgehead atoms. The number of para-hydroxylation sites is 1. The van der Waals surface area contributed by atoms with Crippen molar-refractivity contribution < 1.29 is 0 Å². The van der Waals surface area contributed by atoms with E-state index in [0.29, 0.717) is 0 Å². The van der Waals surface area contributed by atoms with Gasteiger partial charge in [0.15, 0.2) is 0 Å². The van der Waals surface area contributed by atoms with Crippen molar-refractivity contribution in [1.82, 2.24) is 9.13 Å². The van der Waals surface area contributed by atoms with Crippen LogP contribution in [-0.4, -0.2) is 9.13 Å². The van der Waals surface area contributed by atoms with Gasteiger partial charge in [0, 0.05) is 32.9 Å². The lowest BCUT2D eigenvalue weighted by atomic mass is 9.67. The second kappa shape index (κ2) is 15.6. The van der Waals surface area contributed by atoms with Crippen LogP contribution in [0.15, 0.2) is 267 Å². The van der Waals surface area contributed by atoms with E-state index in [1.54, 1.807) is 0 Å². The van der Waals surface area contributed by atoms with E-state index in [1.165, 1.54) is 110 Å². The first-order chi connectivity index (χ1) is 34.2.